The third kappa shape index (κ3) is 4.22. The summed E-state index contributed by atoms with van der Waals surface area (Å²) in [5, 5.41) is 5.29. The Hall–Kier alpha value is -3.55. The van der Waals surface area contributed by atoms with Gasteiger partial charge in [-0.3, -0.25) is 0 Å². The molecule has 0 saturated carbocycles. The number of esters is 2. The van der Waals surface area contributed by atoms with Gasteiger partial charge in [0.2, 0.25) is 5.76 Å². The molecule has 146 valence electrons. The van der Waals surface area contributed by atoms with E-state index in [0.717, 1.165) is 0 Å². The molecule has 1 aliphatic heterocycles. The number of carbonyl (C=O) groups is 3. The van der Waals surface area contributed by atoms with E-state index in [0.29, 0.717) is 11.3 Å². The fraction of sp³-hybridized carbons (Fsp3) is 0.250. The Morgan fingerprint density at radius 3 is 2.61 bits per heavy atom. The molecule has 1 unspecified atom stereocenters. The molecule has 8 heteroatoms. The maximum atomic E-state index is 12.6. The molecule has 0 bridgehead atoms. The van der Waals surface area contributed by atoms with Crippen LogP contribution in [-0.2, 0) is 9.53 Å². The third-order valence-corrected chi connectivity index (χ3v) is 3.96. The van der Waals surface area contributed by atoms with Gasteiger partial charge >= 0.3 is 18.0 Å². The van der Waals surface area contributed by atoms with Crippen LogP contribution in [0.15, 0.2) is 58.3 Å². The van der Waals surface area contributed by atoms with Crippen molar-refractivity contribution in [3.05, 3.63) is 65.3 Å². The number of allylic oxidation sites excluding steroid dienone is 1. The van der Waals surface area contributed by atoms with E-state index in [1.54, 1.807) is 51.1 Å². The van der Waals surface area contributed by atoms with Crippen molar-refractivity contribution < 1.29 is 28.3 Å². The summed E-state index contributed by atoms with van der Waals surface area (Å²) in [5.74, 6) is -0.871. The van der Waals surface area contributed by atoms with Gasteiger partial charge in [-0.1, -0.05) is 12.1 Å². The normalized spacial score (nSPS) is 16.4. The number of urea groups is 1. The predicted molar refractivity (Wildman–Crippen MR) is 98.4 cm³/mol. The highest BCUT2D eigenvalue weighted by Gasteiger charge is 2.32. The molecule has 1 atom stereocenters. The van der Waals surface area contributed by atoms with E-state index in [-0.39, 0.29) is 23.2 Å². The van der Waals surface area contributed by atoms with Gasteiger partial charge in [0.15, 0.2) is 0 Å². The van der Waals surface area contributed by atoms with E-state index in [1.165, 1.54) is 12.3 Å². The fourth-order valence-electron chi connectivity index (χ4n) is 2.80. The minimum atomic E-state index is -0.748. The van der Waals surface area contributed by atoms with Gasteiger partial charge in [-0.15, -0.1) is 0 Å². The summed E-state index contributed by atoms with van der Waals surface area (Å²) in [6, 6.07) is 8.43. The van der Waals surface area contributed by atoms with Crippen LogP contribution in [0.5, 0.6) is 5.75 Å². The van der Waals surface area contributed by atoms with E-state index in [2.05, 4.69) is 10.6 Å². The first-order chi connectivity index (χ1) is 13.3. The Morgan fingerprint density at radius 2 is 1.93 bits per heavy atom. The SMILES string of the molecule is CC1=C(C(=O)OC(C)C)C(c2cccc(OC(=O)c3ccco3)c2)NC(=O)N1. The molecule has 1 aliphatic rings. The minimum Gasteiger partial charge on any atom is -0.459 e. The fourth-order valence-corrected chi connectivity index (χ4v) is 2.80. The molecule has 0 fully saturated rings. The summed E-state index contributed by atoms with van der Waals surface area (Å²) in [6.07, 6.45) is 1.06. The molecule has 2 aromatic rings. The molecule has 1 aromatic heterocycles. The van der Waals surface area contributed by atoms with Crippen LogP contribution in [0.2, 0.25) is 0 Å². The van der Waals surface area contributed by atoms with Gasteiger partial charge in [0.05, 0.1) is 24.0 Å². The number of furan rings is 1. The van der Waals surface area contributed by atoms with Crippen molar-refractivity contribution in [3.8, 4) is 5.75 Å². The summed E-state index contributed by atoms with van der Waals surface area (Å²) < 4.78 is 15.6. The van der Waals surface area contributed by atoms with Crippen molar-refractivity contribution in [3.63, 3.8) is 0 Å². The van der Waals surface area contributed by atoms with Gasteiger partial charge < -0.3 is 24.5 Å². The predicted octanol–water partition coefficient (Wildman–Crippen LogP) is 3.08. The van der Waals surface area contributed by atoms with Gasteiger partial charge in [-0.2, -0.15) is 0 Å². The molecular formula is C20H20N2O6. The largest absolute Gasteiger partial charge is 0.459 e. The minimum absolute atomic E-state index is 0.0671. The zero-order chi connectivity index (χ0) is 20.3. The molecule has 0 aliphatic carbocycles. The second kappa shape index (κ2) is 7.99. The van der Waals surface area contributed by atoms with Crippen LogP contribution in [0.1, 0.15) is 42.9 Å². The molecule has 0 saturated heterocycles. The smallest absolute Gasteiger partial charge is 0.379 e. The molecule has 3 rings (SSSR count). The highest BCUT2D eigenvalue weighted by atomic mass is 16.5. The number of ether oxygens (including phenoxy) is 2. The van der Waals surface area contributed by atoms with Crippen molar-refractivity contribution in [2.24, 2.45) is 0 Å². The summed E-state index contributed by atoms with van der Waals surface area (Å²) >= 11 is 0. The highest BCUT2D eigenvalue weighted by molar-refractivity contribution is 5.95. The third-order valence-electron chi connectivity index (χ3n) is 3.96. The van der Waals surface area contributed by atoms with Gasteiger partial charge in [0, 0.05) is 5.70 Å². The van der Waals surface area contributed by atoms with Gasteiger partial charge in [0.25, 0.3) is 0 Å². The van der Waals surface area contributed by atoms with Gasteiger partial charge in [0.1, 0.15) is 5.75 Å². The average Bonchev–Trinajstić information content (AvgIpc) is 3.15. The Morgan fingerprint density at radius 1 is 1.14 bits per heavy atom. The second-order valence-corrected chi connectivity index (χ2v) is 6.46. The number of benzene rings is 1. The van der Waals surface area contributed by atoms with Crippen molar-refractivity contribution in [2.75, 3.05) is 0 Å². The number of carbonyl (C=O) groups excluding carboxylic acids is 3. The summed E-state index contributed by atoms with van der Waals surface area (Å²) in [4.78, 5) is 36.6. The van der Waals surface area contributed by atoms with E-state index < -0.39 is 24.0 Å². The lowest BCUT2D eigenvalue weighted by Gasteiger charge is -2.28. The Labute approximate surface area is 161 Å². The molecule has 2 heterocycles. The first kappa shape index (κ1) is 19.2. The first-order valence-electron chi connectivity index (χ1n) is 8.70. The Balaban J connectivity index is 1.90. The molecule has 8 nitrogen and oxygen atoms in total. The number of hydrogen-bond acceptors (Lipinski definition) is 6. The maximum Gasteiger partial charge on any atom is 0.379 e. The lowest BCUT2D eigenvalue weighted by atomic mass is 9.95. The zero-order valence-electron chi connectivity index (χ0n) is 15.6. The number of rotatable bonds is 5. The lowest BCUT2D eigenvalue weighted by Crippen LogP contribution is -2.45. The van der Waals surface area contributed by atoms with E-state index >= 15 is 0 Å². The maximum absolute atomic E-state index is 12.6. The summed E-state index contributed by atoms with van der Waals surface area (Å²) in [7, 11) is 0. The Bertz CT molecular complexity index is 930. The van der Waals surface area contributed by atoms with E-state index in [4.69, 9.17) is 13.9 Å². The quantitative estimate of drug-likeness (QED) is 0.606. The van der Waals surface area contributed by atoms with Crippen molar-refractivity contribution in [2.45, 2.75) is 32.9 Å². The molecule has 2 amide bonds. The van der Waals surface area contributed by atoms with Gasteiger partial charge in [-0.05, 0) is 50.6 Å². The number of nitrogens with one attached hydrogen (secondary N) is 2. The number of hydrogen-bond donors (Lipinski definition) is 2. The van der Waals surface area contributed by atoms with E-state index in [9.17, 15) is 14.4 Å². The Kier molecular flexibility index (Phi) is 5.49. The highest BCUT2D eigenvalue weighted by Crippen LogP contribution is 2.30. The van der Waals surface area contributed by atoms with Crippen molar-refractivity contribution >= 4 is 18.0 Å². The van der Waals surface area contributed by atoms with Crippen LogP contribution < -0.4 is 15.4 Å². The summed E-state index contributed by atoms with van der Waals surface area (Å²) in [5.41, 5.74) is 1.25. The molecule has 0 radical (unpaired) electrons. The van der Waals surface area contributed by atoms with Crippen LogP contribution in [0.25, 0.3) is 0 Å². The standard InChI is InChI=1S/C20H20N2O6/c1-11(2)27-19(24)16-12(3)21-20(25)22-17(16)13-6-4-7-14(10-13)28-18(23)15-8-5-9-26-15/h4-11,17H,1-3H3,(H2,21,22,25). The first-order valence-corrected chi connectivity index (χ1v) is 8.70. The van der Waals surface area contributed by atoms with Crippen LogP contribution in [0, 0.1) is 0 Å². The summed E-state index contributed by atoms with van der Waals surface area (Å²) in [6.45, 7) is 5.11. The molecule has 1 aromatic carbocycles. The second-order valence-electron chi connectivity index (χ2n) is 6.46. The topological polar surface area (TPSA) is 107 Å². The van der Waals surface area contributed by atoms with Crippen LogP contribution >= 0.6 is 0 Å². The molecule has 2 N–H and O–H groups in total. The van der Waals surface area contributed by atoms with Crippen LogP contribution in [-0.4, -0.2) is 24.1 Å². The van der Waals surface area contributed by atoms with Crippen LogP contribution in [0.4, 0.5) is 4.79 Å². The average molecular weight is 384 g/mol. The number of amides is 2. The van der Waals surface area contributed by atoms with Crippen LogP contribution in [0.3, 0.4) is 0 Å². The molecule has 0 spiro atoms. The van der Waals surface area contributed by atoms with Crippen molar-refractivity contribution in [1.82, 2.24) is 10.6 Å². The van der Waals surface area contributed by atoms with Crippen molar-refractivity contribution in [1.29, 1.82) is 0 Å². The zero-order valence-corrected chi connectivity index (χ0v) is 15.6. The van der Waals surface area contributed by atoms with E-state index in [1.807, 2.05) is 0 Å². The monoisotopic (exact) mass is 384 g/mol. The van der Waals surface area contributed by atoms with Gasteiger partial charge in [-0.25, -0.2) is 14.4 Å². The molecular weight excluding hydrogens is 364 g/mol. The molecule has 28 heavy (non-hydrogen) atoms. The lowest BCUT2D eigenvalue weighted by molar-refractivity contribution is -0.143.